The Morgan fingerprint density at radius 1 is 0.849 bits per heavy atom. The SMILES string of the molecule is CCCCC(CC)Cn1c2ccc(C(=NO)c3ccccc3OCC(F)(F)C(F)F)cc2c2cc(C(=O)c3c(C)cc(C)cc3C)c3ccccc3c21. The van der Waals surface area contributed by atoms with Gasteiger partial charge in [-0.05, 0) is 80.0 Å². The third-order valence-electron chi connectivity index (χ3n) is 10.3. The summed E-state index contributed by atoms with van der Waals surface area (Å²) in [6, 6.07) is 25.6. The number of unbranched alkanes of at least 4 members (excludes halogenated alkanes) is 1. The maximum absolute atomic E-state index is 14.6. The number of hydrogen-bond donors (Lipinski definition) is 1. The highest BCUT2D eigenvalue weighted by Crippen LogP contribution is 2.40. The molecule has 0 spiro atoms. The number of ketones is 1. The Hall–Kier alpha value is -5.18. The van der Waals surface area contributed by atoms with Crippen molar-refractivity contribution >= 4 is 44.1 Å². The second kappa shape index (κ2) is 15.4. The Morgan fingerprint density at radius 3 is 2.19 bits per heavy atom. The molecular formula is C44H44F4N2O3. The molecule has 0 saturated carbocycles. The van der Waals surface area contributed by atoms with Crippen LogP contribution in [0.25, 0.3) is 32.6 Å². The average Bonchev–Trinajstić information content (AvgIpc) is 3.44. The molecule has 0 aliphatic carbocycles. The van der Waals surface area contributed by atoms with Crippen molar-refractivity contribution in [1.82, 2.24) is 4.57 Å². The molecule has 0 saturated heterocycles. The highest BCUT2D eigenvalue weighted by atomic mass is 19.3. The number of carbonyl (C=O) groups excluding carboxylic acids is 1. The van der Waals surface area contributed by atoms with Crippen LogP contribution in [0.15, 0.2) is 90.1 Å². The number of ether oxygens (including phenoxy) is 1. The molecule has 1 unspecified atom stereocenters. The zero-order chi connectivity index (χ0) is 38.0. The topological polar surface area (TPSA) is 63.8 Å². The van der Waals surface area contributed by atoms with Crippen LogP contribution in [0.3, 0.4) is 0 Å². The second-order valence-corrected chi connectivity index (χ2v) is 14.0. The first-order valence-electron chi connectivity index (χ1n) is 18.1. The van der Waals surface area contributed by atoms with Crippen LogP contribution in [0.2, 0.25) is 0 Å². The van der Waals surface area contributed by atoms with Gasteiger partial charge in [0.1, 0.15) is 11.5 Å². The van der Waals surface area contributed by atoms with Crippen LogP contribution >= 0.6 is 0 Å². The summed E-state index contributed by atoms with van der Waals surface area (Å²) in [5, 5.41) is 17.4. The Kier molecular flexibility index (Phi) is 10.9. The predicted octanol–water partition coefficient (Wildman–Crippen LogP) is 11.8. The number of hydrogen-bond acceptors (Lipinski definition) is 4. The molecule has 1 heterocycles. The van der Waals surface area contributed by atoms with Gasteiger partial charge in [0.2, 0.25) is 0 Å². The first-order chi connectivity index (χ1) is 25.4. The van der Waals surface area contributed by atoms with E-state index < -0.39 is 19.0 Å². The predicted molar refractivity (Wildman–Crippen MR) is 205 cm³/mol. The third-order valence-corrected chi connectivity index (χ3v) is 10.3. The molecule has 1 N–H and O–H groups in total. The van der Waals surface area contributed by atoms with Crippen LogP contribution in [0, 0.1) is 26.7 Å². The van der Waals surface area contributed by atoms with Gasteiger partial charge in [0, 0.05) is 50.5 Å². The molecule has 0 fully saturated rings. The van der Waals surface area contributed by atoms with Crippen molar-refractivity contribution in [1.29, 1.82) is 0 Å². The summed E-state index contributed by atoms with van der Waals surface area (Å²) in [7, 11) is 0. The lowest BCUT2D eigenvalue weighted by Crippen LogP contribution is -2.34. The van der Waals surface area contributed by atoms with Crippen LogP contribution in [-0.2, 0) is 6.54 Å². The summed E-state index contributed by atoms with van der Waals surface area (Å²) in [4.78, 5) is 14.6. The molecule has 0 aliphatic rings. The summed E-state index contributed by atoms with van der Waals surface area (Å²) in [5.41, 5.74) is 6.64. The van der Waals surface area contributed by atoms with Crippen molar-refractivity contribution in [3.05, 3.63) is 124 Å². The number of oxime groups is 1. The van der Waals surface area contributed by atoms with Crippen molar-refractivity contribution in [3.8, 4) is 5.75 Å². The fraction of sp³-hybridized carbons (Fsp3) is 0.318. The number of alkyl halides is 4. The minimum absolute atomic E-state index is 0.0149. The van der Waals surface area contributed by atoms with Gasteiger partial charge < -0.3 is 14.5 Å². The number of carbonyl (C=O) groups is 1. The highest BCUT2D eigenvalue weighted by Gasteiger charge is 2.42. The molecule has 5 aromatic carbocycles. The number of rotatable bonds is 14. The Balaban J connectivity index is 1.59. The number of nitrogens with zero attached hydrogens (tertiary/aromatic N) is 2. The zero-order valence-corrected chi connectivity index (χ0v) is 30.7. The van der Waals surface area contributed by atoms with Gasteiger partial charge in [-0.25, -0.2) is 8.78 Å². The van der Waals surface area contributed by atoms with E-state index in [1.54, 1.807) is 12.1 Å². The highest BCUT2D eigenvalue weighted by molar-refractivity contribution is 6.27. The molecule has 6 rings (SSSR count). The summed E-state index contributed by atoms with van der Waals surface area (Å²) >= 11 is 0. The lowest BCUT2D eigenvalue weighted by molar-refractivity contribution is -0.148. The van der Waals surface area contributed by atoms with Crippen molar-refractivity contribution < 1.29 is 32.3 Å². The van der Waals surface area contributed by atoms with Crippen LogP contribution < -0.4 is 4.74 Å². The number of benzene rings is 5. The van der Waals surface area contributed by atoms with Crippen molar-refractivity contribution in [2.24, 2.45) is 11.1 Å². The van der Waals surface area contributed by atoms with Gasteiger partial charge in [-0.2, -0.15) is 8.78 Å². The number of fused-ring (bicyclic) bond motifs is 5. The fourth-order valence-corrected chi connectivity index (χ4v) is 7.63. The number of para-hydroxylation sites is 1. The minimum Gasteiger partial charge on any atom is -0.486 e. The molecular weight excluding hydrogens is 680 g/mol. The van der Waals surface area contributed by atoms with Gasteiger partial charge in [-0.15, -0.1) is 0 Å². The van der Waals surface area contributed by atoms with E-state index in [4.69, 9.17) is 4.74 Å². The average molecular weight is 725 g/mol. The van der Waals surface area contributed by atoms with E-state index in [1.165, 1.54) is 18.2 Å². The van der Waals surface area contributed by atoms with Gasteiger partial charge in [0.25, 0.3) is 0 Å². The first-order valence-corrected chi connectivity index (χ1v) is 18.1. The Morgan fingerprint density at radius 2 is 1.53 bits per heavy atom. The molecule has 1 aromatic heterocycles. The van der Waals surface area contributed by atoms with Crippen molar-refractivity contribution in [2.45, 2.75) is 79.2 Å². The van der Waals surface area contributed by atoms with E-state index in [0.717, 1.165) is 81.5 Å². The molecule has 1 atom stereocenters. The molecule has 0 amide bonds. The quantitative estimate of drug-likeness (QED) is 0.0400. The molecule has 6 aromatic rings. The largest absolute Gasteiger partial charge is 0.486 e. The maximum Gasteiger partial charge on any atom is 0.340 e. The molecule has 0 aliphatic heterocycles. The third kappa shape index (κ3) is 7.26. The monoisotopic (exact) mass is 724 g/mol. The Bertz CT molecular complexity index is 2320. The molecule has 276 valence electrons. The van der Waals surface area contributed by atoms with Crippen LogP contribution in [-0.4, -0.2) is 40.2 Å². The van der Waals surface area contributed by atoms with Crippen molar-refractivity contribution in [3.63, 3.8) is 0 Å². The van der Waals surface area contributed by atoms with Crippen LogP contribution in [0.4, 0.5) is 17.6 Å². The van der Waals surface area contributed by atoms with Gasteiger partial charge in [-0.1, -0.05) is 98.4 Å². The van der Waals surface area contributed by atoms with Gasteiger partial charge in [0.15, 0.2) is 12.4 Å². The normalized spacial score (nSPS) is 13.1. The molecule has 0 radical (unpaired) electrons. The first kappa shape index (κ1) is 37.6. The van der Waals surface area contributed by atoms with E-state index in [2.05, 4.69) is 29.6 Å². The minimum atomic E-state index is -4.37. The van der Waals surface area contributed by atoms with E-state index >= 15 is 0 Å². The lowest BCUT2D eigenvalue weighted by Gasteiger charge is -2.19. The van der Waals surface area contributed by atoms with E-state index in [-0.39, 0.29) is 22.8 Å². The zero-order valence-electron chi connectivity index (χ0n) is 30.7. The smallest absolute Gasteiger partial charge is 0.340 e. The van der Waals surface area contributed by atoms with Gasteiger partial charge in [-0.3, -0.25) is 4.79 Å². The Labute approximate surface area is 306 Å². The van der Waals surface area contributed by atoms with E-state index in [0.29, 0.717) is 22.6 Å². The fourth-order valence-electron chi connectivity index (χ4n) is 7.63. The van der Waals surface area contributed by atoms with Gasteiger partial charge in [0.05, 0.1) is 5.52 Å². The number of aromatic nitrogens is 1. The summed E-state index contributed by atoms with van der Waals surface area (Å²) in [5.74, 6) is -4.18. The van der Waals surface area contributed by atoms with Crippen LogP contribution in [0.1, 0.15) is 83.3 Å². The summed E-state index contributed by atoms with van der Waals surface area (Å²) < 4.78 is 61.2. The number of halogens is 4. The van der Waals surface area contributed by atoms with E-state index in [1.807, 2.05) is 69.3 Å². The summed E-state index contributed by atoms with van der Waals surface area (Å²) in [6.45, 7) is 9.52. The van der Waals surface area contributed by atoms with Crippen molar-refractivity contribution in [2.75, 3.05) is 6.61 Å². The molecule has 9 heteroatoms. The lowest BCUT2D eigenvalue weighted by atomic mass is 9.89. The molecule has 5 nitrogen and oxygen atoms in total. The summed E-state index contributed by atoms with van der Waals surface area (Å²) in [6.07, 6.45) is 0.349. The van der Waals surface area contributed by atoms with Crippen LogP contribution in [0.5, 0.6) is 5.75 Å². The molecule has 0 bridgehead atoms. The maximum atomic E-state index is 14.6. The van der Waals surface area contributed by atoms with Gasteiger partial charge >= 0.3 is 12.3 Å². The standard InChI is InChI=1S/C44H44F4N2O3/c1-6-8-13-29(7-2)24-50-37-19-18-30(40(49-52)33-16-11-12-17-38(33)53-25-44(47,48)43(45)46)22-34(37)35-23-36(31-14-9-10-15-32(31)41(35)50)42(51)39-27(4)20-26(3)21-28(39)5/h9-12,14-23,29,43,52H,6-8,13,24-25H2,1-5H3. The second-order valence-electron chi connectivity index (χ2n) is 14.0. The van der Waals surface area contributed by atoms with E-state index in [9.17, 15) is 27.6 Å². The number of aryl methyl sites for hydroxylation is 3. The molecule has 53 heavy (non-hydrogen) atoms.